The lowest BCUT2D eigenvalue weighted by Gasteiger charge is -2.12. The van der Waals surface area contributed by atoms with Crippen molar-refractivity contribution < 1.29 is 18.8 Å². The van der Waals surface area contributed by atoms with Crippen molar-refractivity contribution in [2.45, 2.75) is 0 Å². The molecule has 0 atom stereocenters. The molecule has 1 saturated heterocycles. The number of aromatic nitrogens is 1. The second-order valence-electron chi connectivity index (χ2n) is 5.42. The van der Waals surface area contributed by atoms with Crippen LogP contribution in [0.3, 0.4) is 0 Å². The molecule has 0 aliphatic carbocycles. The molecule has 0 bridgehead atoms. The van der Waals surface area contributed by atoms with Gasteiger partial charge in [0.2, 0.25) is 5.91 Å². The van der Waals surface area contributed by atoms with Crippen LogP contribution in [0.5, 0.6) is 0 Å². The van der Waals surface area contributed by atoms with Crippen LogP contribution in [0.15, 0.2) is 46.1 Å². The molecule has 6 nitrogen and oxygen atoms in total. The van der Waals surface area contributed by atoms with E-state index < -0.39 is 11.1 Å². The number of nitrogens with zero attached hydrogens (tertiary/aromatic N) is 2. The summed E-state index contributed by atoms with van der Waals surface area (Å²) in [6.45, 7) is 0.212. The minimum atomic E-state index is -0.429. The van der Waals surface area contributed by atoms with Crippen molar-refractivity contribution in [3.63, 3.8) is 0 Å². The fourth-order valence-electron chi connectivity index (χ4n) is 2.22. The van der Waals surface area contributed by atoms with Crippen LogP contribution in [-0.4, -0.2) is 40.0 Å². The SMILES string of the molecule is O=C(/C=C/c1cscn1)NCCN1C(=O)S/C(=C\c2ccc(F)cc2)C1=O. The van der Waals surface area contributed by atoms with E-state index in [1.54, 1.807) is 23.0 Å². The fraction of sp³-hybridized carbons (Fsp3) is 0.111. The second kappa shape index (κ2) is 8.74. The summed E-state index contributed by atoms with van der Waals surface area (Å²) in [7, 11) is 0. The number of benzene rings is 1. The van der Waals surface area contributed by atoms with Crippen molar-refractivity contribution in [3.8, 4) is 0 Å². The molecule has 27 heavy (non-hydrogen) atoms. The molecule has 0 radical (unpaired) electrons. The zero-order chi connectivity index (χ0) is 19.2. The van der Waals surface area contributed by atoms with E-state index in [1.807, 2.05) is 0 Å². The van der Waals surface area contributed by atoms with Gasteiger partial charge in [-0.1, -0.05) is 12.1 Å². The van der Waals surface area contributed by atoms with Crippen molar-refractivity contribution in [2.75, 3.05) is 13.1 Å². The van der Waals surface area contributed by atoms with Crippen molar-refractivity contribution in [3.05, 3.63) is 63.2 Å². The summed E-state index contributed by atoms with van der Waals surface area (Å²) in [5, 5.41) is 4.02. The zero-order valence-corrected chi connectivity index (χ0v) is 15.6. The van der Waals surface area contributed by atoms with E-state index in [4.69, 9.17) is 0 Å². The topological polar surface area (TPSA) is 79.4 Å². The van der Waals surface area contributed by atoms with E-state index in [1.165, 1.54) is 41.7 Å². The summed E-state index contributed by atoms with van der Waals surface area (Å²) < 4.78 is 12.9. The Morgan fingerprint density at radius 3 is 2.74 bits per heavy atom. The highest BCUT2D eigenvalue weighted by Gasteiger charge is 2.34. The Morgan fingerprint density at radius 1 is 1.26 bits per heavy atom. The Labute approximate surface area is 162 Å². The molecule has 1 aliphatic heterocycles. The summed E-state index contributed by atoms with van der Waals surface area (Å²) >= 11 is 2.24. The first-order valence-electron chi connectivity index (χ1n) is 7.88. The molecule has 1 aromatic carbocycles. The van der Waals surface area contributed by atoms with E-state index in [0.717, 1.165) is 16.7 Å². The van der Waals surface area contributed by atoms with E-state index in [9.17, 15) is 18.8 Å². The second-order valence-corrected chi connectivity index (χ2v) is 7.13. The molecule has 0 saturated carbocycles. The Kier molecular flexibility index (Phi) is 6.15. The highest BCUT2D eigenvalue weighted by Crippen LogP contribution is 2.31. The average Bonchev–Trinajstić information content (AvgIpc) is 3.26. The number of carbonyl (C=O) groups excluding carboxylic acids is 3. The van der Waals surface area contributed by atoms with Gasteiger partial charge in [0, 0.05) is 24.5 Å². The number of hydrogen-bond acceptors (Lipinski definition) is 6. The smallest absolute Gasteiger partial charge is 0.293 e. The minimum absolute atomic E-state index is 0.0711. The summed E-state index contributed by atoms with van der Waals surface area (Å²) in [6.07, 6.45) is 4.47. The lowest BCUT2D eigenvalue weighted by atomic mass is 10.2. The van der Waals surface area contributed by atoms with Crippen LogP contribution < -0.4 is 5.32 Å². The lowest BCUT2D eigenvalue weighted by molar-refractivity contribution is -0.123. The maximum absolute atomic E-state index is 12.9. The molecule has 2 heterocycles. The third-order valence-electron chi connectivity index (χ3n) is 3.53. The molecular weight excluding hydrogens is 389 g/mol. The highest BCUT2D eigenvalue weighted by molar-refractivity contribution is 8.18. The van der Waals surface area contributed by atoms with Crippen molar-refractivity contribution >= 4 is 52.3 Å². The third-order valence-corrected chi connectivity index (χ3v) is 5.04. The van der Waals surface area contributed by atoms with Crippen LogP contribution in [0, 0.1) is 5.82 Å². The fourth-order valence-corrected chi connectivity index (χ4v) is 3.61. The first-order chi connectivity index (χ1) is 13.0. The summed E-state index contributed by atoms with van der Waals surface area (Å²) in [5.74, 6) is -1.14. The Balaban J connectivity index is 1.53. The molecule has 1 fully saturated rings. The van der Waals surface area contributed by atoms with Gasteiger partial charge in [-0.2, -0.15) is 0 Å². The van der Waals surface area contributed by atoms with Gasteiger partial charge < -0.3 is 5.32 Å². The predicted octanol–water partition coefficient (Wildman–Crippen LogP) is 3.15. The average molecular weight is 403 g/mol. The number of thioether (sulfide) groups is 1. The van der Waals surface area contributed by atoms with Gasteiger partial charge in [-0.3, -0.25) is 19.3 Å². The lowest BCUT2D eigenvalue weighted by Crippen LogP contribution is -2.36. The van der Waals surface area contributed by atoms with Crippen molar-refractivity contribution in [1.82, 2.24) is 15.2 Å². The third kappa shape index (κ3) is 5.11. The van der Waals surface area contributed by atoms with E-state index in [2.05, 4.69) is 10.3 Å². The van der Waals surface area contributed by atoms with Crippen LogP contribution in [0.25, 0.3) is 12.2 Å². The molecule has 1 aromatic heterocycles. The molecule has 1 aliphatic rings. The standard InChI is InChI=1S/C18H14FN3O3S2/c19-13-3-1-12(2-4-13)9-15-17(24)22(18(25)27-15)8-7-20-16(23)6-5-14-10-26-11-21-14/h1-6,9-11H,7-8H2,(H,20,23)/b6-5+,15-9-. The normalized spacial score (nSPS) is 15.9. The first kappa shape index (κ1) is 19.0. The first-order valence-corrected chi connectivity index (χ1v) is 9.64. The van der Waals surface area contributed by atoms with Gasteiger partial charge in [0.1, 0.15) is 5.82 Å². The molecule has 0 unspecified atom stereocenters. The maximum Gasteiger partial charge on any atom is 0.293 e. The Hall–Kier alpha value is -2.78. The van der Waals surface area contributed by atoms with Crippen LogP contribution >= 0.6 is 23.1 Å². The van der Waals surface area contributed by atoms with Gasteiger partial charge in [0.15, 0.2) is 0 Å². The zero-order valence-electron chi connectivity index (χ0n) is 13.9. The molecule has 3 amide bonds. The monoisotopic (exact) mass is 403 g/mol. The Bertz CT molecular complexity index is 908. The predicted molar refractivity (Wildman–Crippen MR) is 103 cm³/mol. The number of imide groups is 1. The van der Waals surface area contributed by atoms with Gasteiger partial charge in [-0.25, -0.2) is 9.37 Å². The van der Waals surface area contributed by atoms with Crippen LogP contribution in [-0.2, 0) is 9.59 Å². The van der Waals surface area contributed by atoms with Crippen LogP contribution in [0.1, 0.15) is 11.3 Å². The number of thiazole rings is 1. The van der Waals surface area contributed by atoms with Crippen LogP contribution in [0.4, 0.5) is 9.18 Å². The maximum atomic E-state index is 12.9. The quantitative estimate of drug-likeness (QED) is 0.750. The summed E-state index contributed by atoms with van der Waals surface area (Å²) in [6, 6.07) is 5.62. The van der Waals surface area contributed by atoms with Gasteiger partial charge in [0.25, 0.3) is 11.1 Å². The molecular formula is C18H14FN3O3S2. The van der Waals surface area contributed by atoms with E-state index in [0.29, 0.717) is 11.3 Å². The molecule has 138 valence electrons. The van der Waals surface area contributed by atoms with Gasteiger partial charge in [-0.15, -0.1) is 11.3 Å². The number of hydrogen-bond donors (Lipinski definition) is 1. The molecule has 3 rings (SSSR count). The van der Waals surface area contributed by atoms with Crippen molar-refractivity contribution in [1.29, 1.82) is 0 Å². The number of amides is 3. The van der Waals surface area contributed by atoms with Crippen LogP contribution in [0.2, 0.25) is 0 Å². The number of halogens is 1. The Morgan fingerprint density at radius 2 is 2.04 bits per heavy atom. The largest absolute Gasteiger partial charge is 0.351 e. The molecule has 2 aromatic rings. The van der Waals surface area contributed by atoms with E-state index in [-0.39, 0.29) is 29.7 Å². The van der Waals surface area contributed by atoms with Crippen molar-refractivity contribution in [2.24, 2.45) is 0 Å². The number of rotatable bonds is 6. The van der Waals surface area contributed by atoms with Gasteiger partial charge in [-0.05, 0) is 41.6 Å². The van der Waals surface area contributed by atoms with Gasteiger partial charge >= 0.3 is 0 Å². The van der Waals surface area contributed by atoms with Gasteiger partial charge in [0.05, 0.1) is 16.1 Å². The highest BCUT2D eigenvalue weighted by atomic mass is 32.2. The van der Waals surface area contributed by atoms with E-state index >= 15 is 0 Å². The summed E-state index contributed by atoms with van der Waals surface area (Å²) in [4.78, 5) is 41.5. The number of carbonyl (C=O) groups is 3. The molecule has 9 heteroatoms. The minimum Gasteiger partial charge on any atom is -0.351 e. The number of nitrogens with one attached hydrogen (secondary N) is 1. The summed E-state index contributed by atoms with van der Waals surface area (Å²) in [5.41, 5.74) is 2.98. The molecule has 0 spiro atoms. The molecule has 1 N–H and O–H groups in total.